The zero-order chi connectivity index (χ0) is 14.0. The SMILES string of the molecule is COc1ccc(C2NC(=O)OC(C)=C2C(C)=O)cc1. The average Bonchev–Trinajstić information content (AvgIpc) is 2.37. The molecule has 1 unspecified atom stereocenters. The third kappa shape index (κ3) is 2.59. The molecule has 0 spiro atoms. The number of benzene rings is 1. The van der Waals surface area contributed by atoms with E-state index in [4.69, 9.17) is 9.47 Å². The van der Waals surface area contributed by atoms with Crippen LogP contribution in [0.5, 0.6) is 5.75 Å². The van der Waals surface area contributed by atoms with E-state index in [1.165, 1.54) is 6.92 Å². The summed E-state index contributed by atoms with van der Waals surface area (Å²) in [6.45, 7) is 3.07. The third-order valence-electron chi connectivity index (χ3n) is 3.00. The van der Waals surface area contributed by atoms with Crippen LogP contribution in [0.4, 0.5) is 4.79 Å². The van der Waals surface area contributed by atoms with Crippen LogP contribution in [0, 0.1) is 0 Å². The number of carbonyl (C=O) groups excluding carboxylic acids is 2. The van der Waals surface area contributed by atoms with Crippen molar-refractivity contribution in [2.45, 2.75) is 19.9 Å². The molecule has 1 atom stereocenters. The highest BCUT2D eigenvalue weighted by molar-refractivity contribution is 5.97. The molecule has 5 heteroatoms. The number of alkyl carbamates (subject to hydrolysis) is 1. The van der Waals surface area contributed by atoms with Gasteiger partial charge in [-0.05, 0) is 31.5 Å². The molecule has 1 aliphatic heterocycles. The van der Waals surface area contributed by atoms with Crippen molar-refractivity contribution in [3.8, 4) is 5.75 Å². The number of amides is 1. The Bertz CT molecular complexity index is 545. The first kappa shape index (κ1) is 13.1. The highest BCUT2D eigenvalue weighted by Gasteiger charge is 2.30. The number of rotatable bonds is 3. The number of ketones is 1. The van der Waals surface area contributed by atoms with Crippen LogP contribution >= 0.6 is 0 Å². The first-order valence-corrected chi connectivity index (χ1v) is 5.87. The lowest BCUT2D eigenvalue weighted by molar-refractivity contribution is -0.114. The van der Waals surface area contributed by atoms with Crippen molar-refractivity contribution in [3.63, 3.8) is 0 Å². The van der Waals surface area contributed by atoms with Gasteiger partial charge in [-0.3, -0.25) is 4.79 Å². The predicted molar refractivity (Wildman–Crippen MR) is 68.7 cm³/mol. The Balaban J connectivity index is 2.42. The monoisotopic (exact) mass is 261 g/mol. The van der Waals surface area contributed by atoms with E-state index >= 15 is 0 Å². The second kappa shape index (κ2) is 5.14. The lowest BCUT2D eigenvalue weighted by Gasteiger charge is -2.26. The number of hydrogen-bond donors (Lipinski definition) is 1. The van der Waals surface area contributed by atoms with Crippen LogP contribution in [0.25, 0.3) is 0 Å². The summed E-state index contributed by atoms with van der Waals surface area (Å²) in [4.78, 5) is 23.2. The molecule has 100 valence electrons. The maximum atomic E-state index is 11.7. The van der Waals surface area contributed by atoms with Crippen LogP contribution in [0.2, 0.25) is 0 Å². The molecule has 1 aromatic carbocycles. The van der Waals surface area contributed by atoms with Crippen LogP contribution in [-0.4, -0.2) is 19.0 Å². The van der Waals surface area contributed by atoms with Gasteiger partial charge in [0.15, 0.2) is 5.78 Å². The molecule has 1 amide bonds. The Morgan fingerprint density at radius 1 is 1.32 bits per heavy atom. The molecule has 2 rings (SSSR count). The number of allylic oxidation sites excluding steroid dienone is 1. The van der Waals surface area contributed by atoms with Gasteiger partial charge in [0, 0.05) is 0 Å². The molecule has 0 saturated heterocycles. The molecule has 0 radical (unpaired) electrons. The Labute approximate surface area is 111 Å². The highest BCUT2D eigenvalue weighted by Crippen LogP contribution is 2.30. The van der Waals surface area contributed by atoms with Gasteiger partial charge in [0.25, 0.3) is 0 Å². The van der Waals surface area contributed by atoms with Crippen molar-refractivity contribution < 1.29 is 19.1 Å². The molecule has 19 heavy (non-hydrogen) atoms. The van der Waals surface area contributed by atoms with Crippen molar-refractivity contribution in [3.05, 3.63) is 41.2 Å². The minimum absolute atomic E-state index is 0.127. The van der Waals surface area contributed by atoms with Crippen LogP contribution in [-0.2, 0) is 9.53 Å². The summed E-state index contributed by atoms with van der Waals surface area (Å²) in [5.74, 6) is 0.933. The van der Waals surface area contributed by atoms with Gasteiger partial charge in [0.1, 0.15) is 11.5 Å². The molecule has 0 aliphatic carbocycles. The van der Waals surface area contributed by atoms with Gasteiger partial charge in [-0.15, -0.1) is 0 Å². The Hall–Kier alpha value is -2.30. The van der Waals surface area contributed by atoms with Gasteiger partial charge >= 0.3 is 6.09 Å². The molecule has 1 aromatic rings. The molecule has 0 bridgehead atoms. The van der Waals surface area contributed by atoms with Crippen molar-refractivity contribution in [1.82, 2.24) is 5.32 Å². The van der Waals surface area contributed by atoms with Gasteiger partial charge in [0.05, 0.1) is 18.7 Å². The van der Waals surface area contributed by atoms with E-state index in [2.05, 4.69) is 5.32 Å². The second-order valence-electron chi connectivity index (χ2n) is 4.27. The topological polar surface area (TPSA) is 64.6 Å². The zero-order valence-electron chi connectivity index (χ0n) is 11.0. The van der Waals surface area contributed by atoms with Crippen LogP contribution in [0.1, 0.15) is 25.5 Å². The summed E-state index contributed by atoms with van der Waals surface area (Å²) in [5.41, 5.74) is 1.27. The van der Waals surface area contributed by atoms with Gasteiger partial charge in [-0.25, -0.2) is 4.79 Å². The van der Waals surface area contributed by atoms with Gasteiger partial charge in [-0.2, -0.15) is 0 Å². The van der Waals surface area contributed by atoms with E-state index in [0.29, 0.717) is 17.1 Å². The first-order valence-electron chi connectivity index (χ1n) is 5.87. The van der Waals surface area contributed by atoms with E-state index in [0.717, 1.165) is 5.56 Å². The number of nitrogens with one attached hydrogen (secondary N) is 1. The maximum Gasteiger partial charge on any atom is 0.413 e. The van der Waals surface area contributed by atoms with E-state index in [9.17, 15) is 9.59 Å². The van der Waals surface area contributed by atoms with Gasteiger partial charge in [0.2, 0.25) is 0 Å². The van der Waals surface area contributed by atoms with E-state index in [1.54, 1.807) is 26.2 Å². The summed E-state index contributed by atoms with van der Waals surface area (Å²) in [5, 5.41) is 2.65. The fraction of sp³-hybridized carbons (Fsp3) is 0.286. The molecule has 1 heterocycles. The van der Waals surface area contributed by atoms with Crippen LogP contribution in [0.15, 0.2) is 35.6 Å². The minimum Gasteiger partial charge on any atom is -0.497 e. The van der Waals surface area contributed by atoms with E-state index in [1.807, 2.05) is 12.1 Å². The number of hydrogen-bond acceptors (Lipinski definition) is 4. The Morgan fingerprint density at radius 2 is 1.95 bits per heavy atom. The summed E-state index contributed by atoms with van der Waals surface area (Å²) >= 11 is 0. The Morgan fingerprint density at radius 3 is 2.47 bits per heavy atom. The standard InChI is InChI=1S/C14H15NO4/c1-8(16)12-9(2)19-14(17)15-13(12)10-4-6-11(18-3)7-5-10/h4-7,13H,1-3H3,(H,15,17). The summed E-state index contributed by atoms with van der Waals surface area (Å²) in [6, 6.07) is 6.70. The summed E-state index contributed by atoms with van der Waals surface area (Å²) in [7, 11) is 1.58. The normalized spacial score (nSPS) is 18.7. The first-order chi connectivity index (χ1) is 9.02. The minimum atomic E-state index is -0.552. The molecule has 0 fully saturated rings. The second-order valence-corrected chi connectivity index (χ2v) is 4.27. The molecule has 0 aromatic heterocycles. The fourth-order valence-electron chi connectivity index (χ4n) is 2.11. The van der Waals surface area contributed by atoms with E-state index in [-0.39, 0.29) is 5.78 Å². The molecular formula is C14H15NO4. The van der Waals surface area contributed by atoms with Crippen LogP contribution < -0.4 is 10.1 Å². The third-order valence-corrected chi connectivity index (χ3v) is 3.00. The smallest absolute Gasteiger partial charge is 0.413 e. The summed E-state index contributed by atoms with van der Waals surface area (Å²) < 4.78 is 10.0. The lowest BCUT2D eigenvalue weighted by atomic mass is 9.94. The Kier molecular flexibility index (Phi) is 3.55. The number of cyclic esters (lactones) is 1. The molecule has 5 nitrogen and oxygen atoms in total. The lowest BCUT2D eigenvalue weighted by Crippen LogP contribution is -2.36. The molecule has 0 saturated carbocycles. The largest absolute Gasteiger partial charge is 0.497 e. The van der Waals surface area contributed by atoms with Crippen molar-refractivity contribution in [1.29, 1.82) is 0 Å². The highest BCUT2D eigenvalue weighted by atomic mass is 16.6. The molecular weight excluding hydrogens is 246 g/mol. The zero-order valence-corrected chi connectivity index (χ0v) is 11.0. The molecule has 1 N–H and O–H groups in total. The van der Waals surface area contributed by atoms with Gasteiger partial charge in [-0.1, -0.05) is 12.1 Å². The predicted octanol–water partition coefficient (Wildman–Crippen LogP) is 2.34. The van der Waals surface area contributed by atoms with Crippen molar-refractivity contribution >= 4 is 11.9 Å². The maximum absolute atomic E-state index is 11.7. The summed E-state index contributed by atoms with van der Waals surface area (Å²) in [6.07, 6.45) is -0.552. The van der Waals surface area contributed by atoms with Crippen molar-refractivity contribution in [2.75, 3.05) is 7.11 Å². The number of carbonyl (C=O) groups is 2. The van der Waals surface area contributed by atoms with Crippen molar-refractivity contribution in [2.24, 2.45) is 0 Å². The number of Topliss-reactive ketones (excluding diaryl/α,β-unsaturated/α-hetero) is 1. The number of methoxy groups -OCH3 is 1. The fourth-order valence-corrected chi connectivity index (χ4v) is 2.11. The average molecular weight is 261 g/mol. The van der Waals surface area contributed by atoms with Gasteiger partial charge < -0.3 is 14.8 Å². The van der Waals surface area contributed by atoms with Crippen LogP contribution in [0.3, 0.4) is 0 Å². The van der Waals surface area contributed by atoms with E-state index < -0.39 is 12.1 Å². The quantitative estimate of drug-likeness (QED) is 0.907. The number of ether oxygens (including phenoxy) is 2. The molecule has 1 aliphatic rings.